The Kier molecular flexibility index (Phi) is 6.25. The van der Waals surface area contributed by atoms with E-state index in [9.17, 15) is 0 Å². The van der Waals surface area contributed by atoms with Crippen molar-refractivity contribution in [3.63, 3.8) is 0 Å². The van der Waals surface area contributed by atoms with Crippen molar-refractivity contribution in [3.05, 3.63) is 0 Å². The molecule has 0 rings (SSSR count). The van der Waals surface area contributed by atoms with Crippen molar-refractivity contribution < 1.29 is 0 Å². The van der Waals surface area contributed by atoms with Crippen LogP contribution in [0.2, 0.25) is 19.6 Å². The summed E-state index contributed by atoms with van der Waals surface area (Å²) in [5, 5.41) is 0. The second kappa shape index (κ2) is 6.08. The SMILES string of the molecule is CCC(C)N([SiH2][Si](C)(C)C)C(C)CC. The largest absolute Gasteiger partial charge is 0.326 e. The third kappa shape index (κ3) is 5.32. The maximum Gasteiger partial charge on any atom is 0.0869 e. The number of rotatable bonds is 6. The lowest BCUT2D eigenvalue weighted by Crippen LogP contribution is -2.51. The van der Waals surface area contributed by atoms with E-state index in [4.69, 9.17) is 0 Å². The molecule has 1 nitrogen and oxygen atoms in total. The minimum absolute atomic E-state index is 0.0190. The van der Waals surface area contributed by atoms with Gasteiger partial charge in [-0.1, -0.05) is 47.3 Å². The average Bonchev–Trinajstić information content (AvgIpc) is 2.10. The van der Waals surface area contributed by atoms with Gasteiger partial charge >= 0.3 is 0 Å². The molecule has 0 aromatic heterocycles. The minimum Gasteiger partial charge on any atom is -0.326 e. The van der Waals surface area contributed by atoms with Crippen LogP contribution in [0.3, 0.4) is 0 Å². The molecule has 0 saturated carbocycles. The summed E-state index contributed by atoms with van der Waals surface area (Å²) in [5.41, 5.74) is 0. The minimum atomic E-state index is -0.814. The predicted octanol–water partition coefficient (Wildman–Crippen LogP) is 2.80. The van der Waals surface area contributed by atoms with Crippen molar-refractivity contribution in [2.75, 3.05) is 0 Å². The lowest BCUT2D eigenvalue weighted by Gasteiger charge is -2.37. The maximum atomic E-state index is 2.85. The Morgan fingerprint density at radius 1 is 1.00 bits per heavy atom. The van der Waals surface area contributed by atoms with Gasteiger partial charge in [0.1, 0.15) is 0 Å². The Labute approximate surface area is 94.0 Å². The van der Waals surface area contributed by atoms with Gasteiger partial charge in [0.05, 0.1) is 9.20 Å². The fourth-order valence-corrected chi connectivity index (χ4v) is 9.15. The van der Waals surface area contributed by atoms with Crippen LogP contribution >= 0.6 is 0 Å². The van der Waals surface area contributed by atoms with Crippen molar-refractivity contribution in [2.45, 2.75) is 72.3 Å². The first-order valence-electron chi connectivity index (χ1n) is 6.07. The van der Waals surface area contributed by atoms with Gasteiger partial charge in [-0.25, -0.2) is 0 Å². The molecule has 0 aromatic rings. The highest BCUT2D eigenvalue weighted by atomic mass is 29.2. The molecule has 86 valence electrons. The monoisotopic (exact) mass is 231 g/mol. The van der Waals surface area contributed by atoms with Gasteiger partial charge in [0.15, 0.2) is 0 Å². The highest BCUT2D eigenvalue weighted by Crippen LogP contribution is 2.13. The molecule has 0 heterocycles. The quantitative estimate of drug-likeness (QED) is 0.636. The van der Waals surface area contributed by atoms with Gasteiger partial charge in [0, 0.05) is 7.59 Å². The van der Waals surface area contributed by atoms with E-state index in [1.54, 1.807) is 0 Å². The summed E-state index contributed by atoms with van der Waals surface area (Å²) < 4.78 is 2.85. The second-order valence-corrected chi connectivity index (χ2v) is 19.2. The Balaban J connectivity index is 4.40. The lowest BCUT2D eigenvalue weighted by molar-refractivity contribution is 0.272. The normalized spacial score (nSPS) is 18.0. The molecular formula is C11H29NSi2. The summed E-state index contributed by atoms with van der Waals surface area (Å²) in [4.78, 5) is 0. The second-order valence-electron chi connectivity index (χ2n) is 5.75. The fraction of sp³-hybridized carbons (Fsp3) is 1.00. The first-order valence-corrected chi connectivity index (χ1v) is 12.5. The van der Waals surface area contributed by atoms with Crippen molar-refractivity contribution in [2.24, 2.45) is 0 Å². The molecule has 0 aromatic carbocycles. The van der Waals surface area contributed by atoms with Gasteiger partial charge < -0.3 is 4.57 Å². The lowest BCUT2D eigenvalue weighted by atomic mass is 10.2. The van der Waals surface area contributed by atoms with E-state index in [0.717, 1.165) is 12.1 Å². The molecule has 0 bridgehead atoms. The van der Waals surface area contributed by atoms with Gasteiger partial charge in [0.25, 0.3) is 0 Å². The third-order valence-corrected chi connectivity index (χ3v) is 9.47. The molecule has 0 aliphatic rings. The highest BCUT2D eigenvalue weighted by molar-refractivity contribution is 7.22. The average molecular weight is 232 g/mol. The van der Waals surface area contributed by atoms with Crippen molar-refractivity contribution in [1.29, 1.82) is 0 Å². The van der Waals surface area contributed by atoms with Gasteiger partial charge in [-0.2, -0.15) is 0 Å². The topological polar surface area (TPSA) is 3.24 Å². The molecule has 0 aliphatic carbocycles. The maximum absolute atomic E-state index is 2.85. The number of hydrogen-bond acceptors (Lipinski definition) is 1. The van der Waals surface area contributed by atoms with E-state index in [2.05, 4.69) is 51.9 Å². The van der Waals surface area contributed by atoms with Crippen LogP contribution in [-0.2, 0) is 0 Å². The summed E-state index contributed by atoms with van der Waals surface area (Å²) in [5.74, 6) is 0. The molecule has 2 atom stereocenters. The third-order valence-electron chi connectivity index (χ3n) is 2.97. The van der Waals surface area contributed by atoms with Crippen LogP contribution in [0.1, 0.15) is 40.5 Å². The zero-order valence-corrected chi connectivity index (χ0v) is 13.6. The van der Waals surface area contributed by atoms with Crippen LogP contribution in [0.5, 0.6) is 0 Å². The Hall–Kier alpha value is 0.394. The van der Waals surface area contributed by atoms with Gasteiger partial charge in [0.2, 0.25) is 0 Å². The summed E-state index contributed by atoms with van der Waals surface area (Å²) in [6.45, 7) is 17.0. The summed E-state index contributed by atoms with van der Waals surface area (Å²) in [6, 6.07) is 1.62. The van der Waals surface area contributed by atoms with Crippen LogP contribution in [0.15, 0.2) is 0 Å². The fourth-order valence-electron chi connectivity index (χ4n) is 1.76. The summed E-state index contributed by atoms with van der Waals surface area (Å²) >= 11 is 0. The number of nitrogens with zero attached hydrogens (tertiary/aromatic N) is 1. The molecule has 0 aliphatic heterocycles. The standard InChI is InChI=1S/C11H29NSi2/c1-8-10(3)12(11(4)9-2)13-14(5,6)7/h10-11H,8-9,13H2,1-7H3. The zero-order valence-electron chi connectivity index (χ0n) is 11.2. The van der Waals surface area contributed by atoms with Crippen molar-refractivity contribution >= 4 is 16.8 Å². The molecule has 0 spiro atoms. The van der Waals surface area contributed by atoms with E-state index < -0.39 is 7.59 Å². The molecule has 0 N–H and O–H groups in total. The Morgan fingerprint density at radius 3 is 1.57 bits per heavy atom. The van der Waals surface area contributed by atoms with Crippen LogP contribution in [-0.4, -0.2) is 33.4 Å². The molecule has 2 unspecified atom stereocenters. The zero-order chi connectivity index (χ0) is 11.4. The molecular weight excluding hydrogens is 202 g/mol. The summed E-state index contributed by atoms with van der Waals surface area (Å²) in [7, 11) is -0.795. The smallest absolute Gasteiger partial charge is 0.0869 e. The first kappa shape index (κ1) is 14.4. The van der Waals surface area contributed by atoms with Gasteiger partial charge in [-0.05, 0) is 24.9 Å². The van der Waals surface area contributed by atoms with Gasteiger partial charge in [-0.15, -0.1) is 0 Å². The van der Waals surface area contributed by atoms with E-state index in [1.807, 2.05) is 0 Å². The van der Waals surface area contributed by atoms with E-state index in [-0.39, 0.29) is 9.20 Å². The van der Waals surface area contributed by atoms with Crippen LogP contribution in [0, 0.1) is 0 Å². The summed E-state index contributed by atoms with van der Waals surface area (Å²) in [6.07, 6.45) is 2.61. The first-order chi connectivity index (χ1) is 6.31. The van der Waals surface area contributed by atoms with E-state index >= 15 is 0 Å². The van der Waals surface area contributed by atoms with Crippen LogP contribution < -0.4 is 0 Å². The molecule has 0 saturated heterocycles. The molecule has 0 radical (unpaired) electrons. The molecule has 0 amide bonds. The van der Waals surface area contributed by atoms with E-state index in [1.165, 1.54) is 12.8 Å². The van der Waals surface area contributed by atoms with E-state index in [0.29, 0.717) is 0 Å². The molecule has 3 heteroatoms. The highest BCUT2D eigenvalue weighted by Gasteiger charge is 2.25. The number of hydrogen-bond donors (Lipinski definition) is 0. The Bertz CT molecular complexity index is 144. The molecule has 14 heavy (non-hydrogen) atoms. The Morgan fingerprint density at radius 2 is 1.36 bits per heavy atom. The predicted molar refractivity (Wildman–Crippen MR) is 73.2 cm³/mol. The van der Waals surface area contributed by atoms with Gasteiger partial charge in [-0.3, -0.25) is 0 Å². The van der Waals surface area contributed by atoms with Crippen molar-refractivity contribution in [1.82, 2.24) is 4.57 Å². The van der Waals surface area contributed by atoms with Crippen LogP contribution in [0.25, 0.3) is 0 Å². The molecule has 0 fully saturated rings. The van der Waals surface area contributed by atoms with Crippen molar-refractivity contribution in [3.8, 4) is 0 Å². The van der Waals surface area contributed by atoms with Crippen LogP contribution in [0.4, 0.5) is 0 Å².